The van der Waals surface area contributed by atoms with Crippen molar-refractivity contribution in [2.75, 3.05) is 6.54 Å². The van der Waals surface area contributed by atoms with Crippen LogP contribution in [0.3, 0.4) is 0 Å². The zero-order valence-corrected chi connectivity index (χ0v) is 12.5. The van der Waals surface area contributed by atoms with Gasteiger partial charge in [0.1, 0.15) is 6.04 Å². The van der Waals surface area contributed by atoms with Crippen LogP contribution in [0.15, 0.2) is 24.3 Å². The van der Waals surface area contributed by atoms with Gasteiger partial charge in [-0.05, 0) is 24.5 Å². The Kier molecular flexibility index (Phi) is 5.12. The van der Waals surface area contributed by atoms with Crippen molar-refractivity contribution in [1.82, 2.24) is 4.90 Å². The summed E-state index contributed by atoms with van der Waals surface area (Å²) >= 11 is 0. The molecule has 1 saturated heterocycles. The standard InChI is InChI=1S/C15H16F6N2O/c16-14(17,18)11-4-2-1-3-9(11)7-13(24)23-8-10(22)5-6-12(23)15(19,20)21/h1-4,10,12H,5-8,22H2/t10-,12-/m0/s1. The van der Waals surface area contributed by atoms with E-state index in [0.717, 1.165) is 18.2 Å². The molecular formula is C15H16F6N2O. The van der Waals surface area contributed by atoms with E-state index in [2.05, 4.69) is 0 Å². The minimum Gasteiger partial charge on any atom is -0.329 e. The van der Waals surface area contributed by atoms with Crippen LogP contribution >= 0.6 is 0 Å². The van der Waals surface area contributed by atoms with Crippen LogP contribution < -0.4 is 5.73 Å². The molecule has 1 fully saturated rings. The van der Waals surface area contributed by atoms with Gasteiger partial charge in [-0.25, -0.2) is 0 Å². The van der Waals surface area contributed by atoms with Gasteiger partial charge in [0.05, 0.1) is 12.0 Å². The summed E-state index contributed by atoms with van der Waals surface area (Å²) in [5, 5.41) is 0. The number of piperidine rings is 1. The molecule has 0 saturated carbocycles. The number of alkyl halides is 6. The van der Waals surface area contributed by atoms with E-state index in [0.29, 0.717) is 4.90 Å². The van der Waals surface area contributed by atoms with Crippen LogP contribution in [0.1, 0.15) is 24.0 Å². The number of nitrogens with two attached hydrogens (primary N) is 1. The molecule has 2 atom stereocenters. The molecule has 0 spiro atoms. The molecule has 0 aliphatic carbocycles. The molecule has 24 heavy (non-hydrogen) atoms. The van der Waals surface area contributed by atoms with Gasteiger partial charge >= 0.3 is 12.4 Å². The van der Waals surface area contributed by atoms with Crippen LogP contribution in [0.25, 0.3) is 0 Å². The normalized spacial score (nSPS) is 22.5. The highest BCUT2D eigenvalue weighted by Crippen LogP contribution is 2.34. The van der Waals surface area contributed by atoms with Crippen molar-refractivity contribution >= 4 is 5.91 Å². The summed E-state index contributed by atoms with van der Waals surface area (Å²) in [6, 6.07) is 1.72. The summed E-state index contributed by atoms with van der Waals surface area (Å²) in [6.07, 6.45) is -10.3. The van der Waals surface area contributed by atoms with Crippen LogP contribution in [0.2, 0.25) is 0 Å². The SMILES string of the molecule is N[C@H]1CC[C@@H](C(F)(F)F)N(C(=O)Cc2ccccc2C(F)(F)F)C1. The number of hydrogen-bond acceptors (Lipinski definition) is 2. The summed E-state index contributed by atoms with van der Waals surface area (Å²) < 4.78 is 78.0. The van der Waals surface area contributed by atoms with E-state index < -0.39 is 42.3 Å². The first kappa shape index (κ1) is 18.6. The van der Waals surface area contributed by atoms with E-state index in [1.807, 2.05) is 0 Å². The van der Waals surface area contributed by atoms with Crippen LogP contribution in [0.5, 0.6) is 0 Å². The fourth-order valence-corrected chi connectivity index (χ4v) is 2.83. The van der Waals surface area contributed by atoms with Gasteiger partial charge in [0.2, 0.25) is 5.91 Å². The van der Waals surface area contributed by atoms with E-state index in [4.69, 9.17) is 5.73 Å². The second-order valence-electron chi connectivity index (χ2n) is 5.77. The van der Waals surface area contributed by atoms with Crippen LogP contribution in [0, 0.1) is 0 Å². The average Bonchev–Trinajstić information content (AvgIpc) is 2.45. The molecule has 1 aromatic carbocycles. The molecule has 134 valence electrons. The summed E-state index contributed by atoms with van der Waals surface area (Å²) in [7, 11) is 0. The van der Waals surface area contributed by atoms with Crippen molar-refractivity contribution in [2.45, 2.75) is 43.7 Å². The molecular weight excluding hydrogens is 338 g/mol. The molecule has 2 rings (SSSR count). The Bertz CT molecular complexity index is 598. The van der Waals surface area contributed by atoms with Gasteiger partial charge in [-0.3, -0.25) is 4.79 Å². The lowest BCUT2D eigenvalue weighted by Crippen LogP contribution is -2.57. The number of likely N-dealkylation sites (tertiary alicyclic amines) is 1. The minimum absolute atomic E-state index is 0.104. The fraction of sp³-hybridized carbons (Fsp3) is 0.533. The first-order valence-corrected chi connectivity index (χ1v) is 7.27. The molecule has 1 amide bonds. The largest absolute Gasteiger partial charge is 0.416 e. The van der Waals surface area contributed by atoms with Crippen molar-refractivity contribution in [2.24, 2.45) is 5.73 Å². The Morgan fingerprint density at radius 2 is 1.75 bits per heavy atom. The number of hydrogen-bond donors (Lipinski definition) is 1. The highest BCUT2D eigenvalue weighted by atomic mass is 19.4. The van der Waals surface area contributed by atoms with E-state index in [9.17, 15) is 31.1 Å². The lowest BCUT2D eigenvalue weighted by Gasteiger charge is -2.39. The van der Waals surface area contributed by atoms with Crippen LogP contribution in [-0.4, -0.2) is 35.6 Å². The average molecular weight is 354 g/mol. The van der Waals surface area contributed by atoms with Gasteiger partial charge in [-0.2, -0.15) is 26.3 Å². The van der Waals surface area contributed by atoms with Crippen LogP contribution in [-0.2, 0) is 17.4 Å². The van der Waals surface area contributed by atoms with Gasteiger partial charge in [0.25, 0.3) is 0 Å². The smallest absolute Gasteiger partial charge is 0.329 e. The topological polar surface area (TPSA) is 46.3 Å². The Balaban J connectivity index is 2.25. The van der Waals surface area contributed by atoms with Crippen molar-refractivity contribution in [3.05, 3.63) is 35.4 Å². The maximum atomic E-state index is 13.1. The monoisotopic (exact) mass is 354 g/mol. The highest BCUT2D eigenvalue weighted by molar-refractivity contribution is 5.79. The second kappa shape index (κ2) is 6.62. The molecule has 0 aromatic heterocycles. The number of halogens is 6. The number of nitrogens with zero attached hydrogens (tertiary/aromatic N) is 1. The lowest BCUT2D eigenvalue weighted by atomic mass is 9.96. The van der Waals surface area contributed by atoms with Crippen molar-refractivity contribution < 1.29 is 31.1 Å². The molecule has 1 aliphatic heterocycles. The Morgan fingerprint density at radius 1 is 1.12 bits per heavy atom. The molecule has 1 aliphatic rings. The number of carbonyl (C=O) groups is 1. The molecule has 9 heteroatoms. The molecule has 0 bridgehead atoms. The first-order valence-electron chi connectivity index (χ1n) is 7.27. The molecule has 1 heterocycles. The third kappa shape index (κ3) is 4.19. The molecule has 0 radical (unpaired) electrons. The first-order chi connectivity index (χ1) is 11.0. The van der Waals surface area contributed by atoms with Gasteiger partial charge < -0.3 is 10.6 Å². The van der Waals surface area contributed by atoms with Crippen molar-refractivity contribution in [1.29, 1.82) is 0 Å². The Labute approximate surface area is 134 Å². The molecule has 3 nitrogen and oxygen atoms in total. The third-order valence-corrected chi connectivity index (χ3v) is 3.98. The van der Waals surface area contributed by atoms with E-state index in [1.165, 1.54) is 6.07 Å². The Hall–Kier alpha value is -1.77. The second-order valence-corrected chi connectivity index (χ2v) is 5.77. The Morgan fingerprint density at radius 3 is 2.33 bits per heavy atom. The number of carbonyl (C=O) groups excluding carboxylic acids is 1. The zero-order chi connectivity index (χ0) is 18.1. The van der Waals surface area contributed by atoms with E-state index in [-0.39, 0.29) is 24.9 Å². The maximum absolute atomic E-state index is 13.1. The lowest BCUT2D eigenvalue weighted by molar-refractivity contribution is -0.196. The minimum atomic E-state index is -4.68. The number of benzene rings is 1. The summed E-state index contributed by atoms with van der Waals surface area (Å²) in [5.41, 5.74) is 4.24. The number of amides is 1. The van der Waals surface area contributed by atoms with E-state index in [1.54, 1.807) is 0 Å². The molecule has 2 N–H and O–H groups in total. The summed E-state index contributed by atoms with van der Waals surface area (Å²) in [5.74, 6) is -1.01. The quantitative estimate of drug-likeness (QED) is 0.830. The highest BCUT2D eigenvalue weighted by Gasteiger charge is 2.47. The fourth-order valence-electron chi connectivity index (χ4n) is 2.83. The van der Waals surface area contributed by atoms with Gasteiger partial charge in [-0.1, -0.05) is 18.2 Å². The molecule has 1 aromatic rings. The van der Waals surface area contributed by atoms with Crippen LogP contribution in [0.4, 0.5) is 26.3 Å². The predicted molar refractivity (Wildman–Crippen MR) is 73.9 cm³/mol. The molecule has 0 unspecified atom stereocenters. The van der Waals surface area contributed by atoms with Gasteiger partial charge in [0, 0.05) is 12.6 Å². The van der Waals surface area contributed by atoms with Gasteiger partial charge in [-0.15, -0.1) is 0 Å². The third-order valence-electron chi connectivity index (χ3n) is 3.98. The summed E-state index contributed by atoms with van der Waals surface area (Å²) in [6.45, 7) is -0.322. The number of rotatable bonds is 2. The van der Waals surface area contributed by atoms with Crippen molar-refractivity contribution in [3.63, 3.8) is 0 Å². The maximum Gasteiger partial charge on any atom is 0.416 e. The predicted octanol–water partition coefficient (Wildman–Crippen LogP) is 3.13. The zero-order valence-electron chi connectivity index (χ0n) is 12.5. The van der Waals surface area contributed by atoms with Gasteiger partial charge in [0.15, 0.2) is 0 Å². The summed E-state index contributed by atoms with van der Waals surface area (Å²) in [4.78, 5) is 12.8. The van der Waals surface area contributed by atoms with E-state index >= 15 is 0 Å². The van der Waals surface area contributed by atoms with Crippen molar-refractivity contribution in [3.8, 4) is 0 Å².